The maximum Gasteiger partial charge on any atom is 0.241 e. The zero-order valence-corrected chi connectivity index (χ0v) is 16.5. The number of sulfonamides is 1. The minimum atomic E-state index is -3.80. The van der Waals surface area contributed by atoms with Crippen LogP contribution in [0.4, 0.5) is 5.69 Å². The van der Waals surface area contributed by atoms with Crippen LogP contribution in [-0.4, -0.2) is 31.5 Å². The summed E-state index contributed by atoms with van der Waals surface area (Å²) in [7, 11) is -3.80. The van der Waals surface area contributed by atoms with Crippen LogP contribution in [0.1, 0.15) is 11.8 Å². The Morgan fingerprint density at radius 1 is 1.31 bits per heavy atom. The van der Waals surface area contributed by atoms with Crippen molar-refractivity contribution in [2.24, 2.45) is 11.1 Å². The van der Waals surface area contributed by atoms with Crippen LogP contribution in [0.5, 0.6) is 0 Å². The molecule has 1 aromatic heterocycles. The van der Waals surface area contributed by atoms with Crippen molar-refractivity contribution in [3.05, 3.63) is 48.4 Å². The molecule has 0 aliphatic carbocycles. The van der Waals surface area contributed by atoms with Crippen LogP contribution in [0.15, 0.2) is 52.0 Å². The van der Waals surface area contributed by atoms with Crippen LogP contribution in [0.25, 0.3) is 0 Å². The van der Waals surface area contributed by atoms with E-state index in [1.54, 1.807) is 12.1 Å². The van der Waals surface area contributed by atoms with Crippen molar-refractivity contribution >= 4 is 39.3 Å². The van der Waals surface area contributed by atoms with Gasteiger partial charge in [0.05, 0.1) is 29.0 Å². The molecule has 3 unspecified atom stereocenters. The topological polar surface area (TPSA) is 167 Å². The number of nitrogens with zero attached hydrogens (tertiary/aromatic N) is 1. The Balaban J connectivity index is 1.57. The molecule has 2 heterocycles. The van der Waals surface area contributed by atoms with Gasteiger partial charge in [-0.1, -0.05) is 0 Å². The lowest BCUT2D eigenvalue weighted by Crippen LogP contribution is -2.55. The first-order valence-corrected chi connectivity index (χ1v) is 10.9. The van der Waals surface area contributed by atoms with Crippen molar-refractivity contribution in [1.29, 1.82) is 5.26 Å². The van der Waals surface area contributed by atoms with E-state index in [0.29, 0.717) is 11.4 Å². The zero-order chi connectivity index (χ0) is 21.0. The molecule has 5 N–H and O–H groups in total. The average molecular weight is 435 g/mol. The fourth-order valence-electron chi connectivity index (χ4n) is 2.69. The molecule has 2 amide bonds. The van der Waals surface area contributed by atoms with Crippen molar-refractivity contribution in [2.75, 3.05) is 11.1 Å². The molecule has 2 aromatic rings. The van der Waals surface area contributed by atoms with Gasteiger partial charge in [-0.05, 0) is 36.4 Å². The normalized spacial score (nSPS) is 21.8. The molecule has 0 radical (unpaired) electrons. The first kappa shape index (κ1) is 20.9. The number of hydrogen-bond donors (Lipinski definition) is 4. The van der Waals surface area contributed by atoms with Crippen LogP contribution in [0.3, 0.4) is 0 Å². The molecule has 3 atom stereocenters. The van der Waals surface area contributed by atoms with Gasteiger partial charge < -0.3 is 15.1 Å². The Morgan fingerprint density at radius 2 is 2.03 bits per heavy atom. The molecule has 12 heteroatoms. The van der Waals surface area contributed by atoms with Crippen LogP contribution in [0.2, 0.25) is 0 Å². The molecular weight excluding hydrogens is 418 g/mol. The van der Waals surface area contributed by atoms with Crippen molar-refractivity contribution in [2.45, 2.75) is 16.4 Å². The van der Waals surface area contributed by atoms with Crippen LogP contribution in [0, 0.1) is 17.2 Å². The quantitative estimate of drug-likeness (QED) is 0.508. The summed E-state index contributed by atoms with van der Waals surface area (Å²) in [5.41, 5.74) is -0.195. The van der Waals surface area contributed by atoms with E-state index in [0.717, 1.165) is 11.8 Å². The summed E-state index contributed by atoms with van der Waals surface area (Å²) < 4.78 is 27.8. The van der Waals surface area contributed by atoms with Gasteiger partial charge in [-0.15, -0.1) is 11.8 Å². The summed E-state index contributed by atoms with van der Waals surface area (Å²) in [6.45, 7) is 0. The third kappa shape index (κ3) is 5.15. The fraction of sp³-hybridized carbons (Fsp3) is 0.235. The molecule has 152 valence electrons. The van der Waals surface area contributed by atoms with E-state index in [-0.39, 0.29) is 16.6 Å². The Bertz CT molecular complexity index is 1030. The van der Waals surface area contributed by atoms with E-state index in [4.69, 9.17) is 9.56 Å². The third-order valence-corrected chi connectivity index (χ3v) is 6.00. The van der Waals surface area contributed by atoms with E-state index in [2.05, 4.69) is 16.0 Å². The predicted octanol–water partition coefficient (Wildman–Crippen LogP) is 0.483. The second kappa shape index (κ2) is 8.66. The molecule has 3 rings (SSSR count). The van der Waals surface area contributed by atoms with Gasteiger partial charge in [-0.2, -0.15) is 5.26 Å². The first-order valence-electron chi connectivity index (χ1n) is 8.31. The molecule has 1 fully saturated rings. The number of thioether (sulfide) groups is 1. The number of anilines is 1. The second-order valence-electron chi connectivity index (χ2n) is 6.08. The summed E-state index contributed by atoms with van der Waals surface area (Å²) in [5.74, 6) is -1.31. The van der Waals surface area contributed by atoms with Crippen molar-refractivity contribution in [1.82, 2.24) is 10.6 Å². The number of amides is 2. The number of hydrogen-bond acceptors (Lipinski definition) is 8. The van der Waals surface area contributed by atoms with Crippen LogP contribution >= 0.6 is 11.8 Å². The van der Waals surface area contributed by atoms with Gasteiger partial charge in [0.25, 0.3) is 0 Å². The Labute approximate surface area is 170 Å². The zero-order valence-electron chi connectivity index (χ0n) is 14.9. The van der Waals surface area contributed by atoms with Crippen molar-refractivity contribution in [3.8, 4) is 6.07 Å². The lowest BCUT2D eigenvalue weighted by molar-refractivity contribution is -0.126. The monoisotopic (exact) mass is 435 g/mol. The molecule has 1 aliphatic rings. The molecule has 0 saturated carbocycles. The molecule has 1 aromatic carbocycles. The highest BCUT2D eigenvalue weighted by atomic mass is 32.2. The van der Waals surface area contributed by atoms with Crippen molar-refractivity contribution in [3.63, 3.8) is 0 Å². The SMILES string of the molecule is N#CC1C(=O)NC(SCC(=O)Nc2ccc(S(N)(=O)=O)cc2)NC1c1ccco1. The van der Waals surface area contributed by atoms with Gasteiger partial charge in [0.1, 0.15) is 17.2 Å². The molecule has 0 spiro atoms. The second-order valence-corrected chi connectivity index (χ2v) is 8.74. The van der Waals surface area contributed by atoms with Crippen LogP contribution < -0.4 is 21.1 Å². The Morgan fingerprint density at radius 3 is 2.62 bits per heavy atom. The number of carbonyl (C=O) groups excluding carboxylic acids is 2. The highest BCUT2D eigenvalue weighted by Crippen LogP contribution is 2.28. The van der Waals surface area contributed by atoms with E-state index in [1.807, 2.05) is 6.07 Å². The lowest BCUT2D eigenvalue weighted by atomic mass is 9.96. The first-order chi connectivity index (χ1) is 13.8. The van der Waals surface area contributed by atoms with Gasteiger partial charge >= 0.3 is 0 Å². The lowest BCUT2D eigenvalue weighted by Gasteiger charge is -2.32. The molecule has 29 heavy (non-hydrogen) atoms. The number of nitrogens with two attached hydrogens (primary N) is 1. The van der Waals surface area contributed by atoms with Crippen molar-refractivity contribution < 1.29 is 22.4 Å². The maximum absolute atomic E-state index is 12.2. The summed E-state index contributed by atoms with van der Waals surface area (Å²) in [6.07, 6.45) is 1.45. The number of nitriles is 1. The number of benzene rings is 1. The number of nitrogens with one attached hydrogen (secondary N) is 3. The van der Waals surface area contributed by atoms with Gasteiger partial charge in [-0.3, -0.25) is 14.9 Å². The summed E-state index contributed by atoms with van der Waals surface area (Å²) in [5, 5.41) is 22.6. The predicted molar refractivity (Wildman–Crippen MR) is 105 cm³/mol. The summed E-state index contributed by atoms with van der Waals surface area (Å²) in [4.78, 5) is 24.3. The van der Waals surface area contributed by atoms with Gasteiger partial charge in [0.15, 0.2) is 0 Å². The van der Waals surface area contributed by atoms with Gasteiger partial charge in [0.2, 0.25) is 21.8 Å². The number of rotatable bonds is 6. The molecular formula is C17H17N5O5S2. The minimum Gasteiger partial charge on any atom is -0.468 e. The number of primary sulfonamides is 1. The van der Waals surface area contributed by atoms with Crippen LogP contribution in [-0.2, 0) is 19.6 Å². The van der Waals surface area contributed by atoms with Gasteiger partial charge in [0, 0.05) is 5.69 Å². The standard InChI is InChI=1S/C17H17N5O5S2/c18-8-12-15(13-2-1-7-27-13)21-17(22-16(12)24)28-9-14(23)20-10-3-5-11(6-4-10)29(19,25)26/h1-7,12,15,17,21H,9H2,(H,20,23)(H,22,24)(H2,19,25,26). The highest BCUT2D eigenvalue weighted by molar-refractivity contribution is 8.00. The smallest absolute Gasteiger partial charge is 0.241 e. The summed E-state index contributed by atoms with van der Waals surface area (Å²) >= 11 is 1.13. The summed E-state index contributed by atoms with van der Waals surface area (Å²) in [6, 6.07) is 10.1. The maximum atomic E-state index is 12.2. The van der Waals surface area contributed by atoms with E-state index < -0.39 is 33.4 Å². The van der Waals surface area contributed by atoms with E-state index in [1.165, 1.54) is 30.5 Å². The Kier molecular flexibility index (Phi) is 6.23. The molecule has 10 nitrogen and oxygen atoms in total. The van der Waals surface area contributed by atoms with E-state index >= 15 is 0 Å². The fourth-order valence-corrected chi connectivity index (χ4v) is 4.04. The highest BCUT2D eigenvalue weighted by Gasteiger charge is 2.38. The third-order valence-electron chi connectivity index (χ3n) is 4.06. The number of furan rings is 1. The molecule has 0 bridgehead atoms. The Hall–Kier alpha value is -2.85. The molecule has 1 saturated heterocycles. The van der Waals surface area contributed by atoms with E-state index in [9.17, 15) is 23.3 Å². The largest absolute Gasteiger partial charge is 0.468 e. The minimum absolute atomic E-state index is 0.00300. The number of carbonyl (C=O) groups is 2. The molecule has 1 aliphatic heterocycles. The average Bonchev–Trinajstić information content (AvgIpc) is 3.20. The van der Waals surface area contributed by atoms with Gasteiger partial charge in [-0.25, -0.2) is 13.6 Å².